The van der Waals surface area contributed by atoms with E-state index in [1.54, 1.807) is 0 Å². The smallest absolute Gasteiger partial charge is 0.0362 e. The van der Waals surface area contributed by atoms with Crippen LogP contribution in [0.4, 0.5) is 0 Å². The number of hydrogen-bond acceptors (Lipinski definition) is 3. The molecule has 2 aliphatic heterocycles. The van der Waals surface area contributed by atoms with Crippen molar-refractivity contribution in [2.75, 3.05) is 37.7 Å². The van der Waals surface area contributed by atoms with Crippen LogP contribution in [-0.2, 0) is 10.8 Å². The first kappa shape index (κ1) is 12.5. The van der Waals surface area contributed by atoms with Gasteiger partial charge in [0.1, 0.15) is 0 Å². The predicted molar refractivity (Wildman–Crippen MR) is 69.2 cm³/mol. The molecule has 16 heavy (non-hydrogen) atoms. The molecule has 0 N–H and O–H groups in total. The SMILES string of the molecule is CCS(=O)CCN1CC2CCCN2CC1C. The fourth-order valence-corrected chi connectivity index (χ4v) is 3.65. The van der Waals surface area contributed by atoms with Gasteiger partial charge in [0.2, 0.25) is 0 Å². The Labute approximate surface area is 102 Å². The first-order valence-electron chi connectivity index (χ1n) is 6.53. The third-order valence-electron chi connectivity index (χ3n) is 3.99. The van der Waals surface area contributed by atoms with Gasteiger partial charge in [0.05, 0.1) is 0 Å². The first-order valence-corrected chi connectivity index (χ1v) is 8.02. The van der Waals surface area contributed by atoms with Crippen LogP contribution in [-0.4, -0.2) is 63.8 Å². The van der Waals surface area contributed by atoms with Crippen molar-refractivity contribution in [1.29, 1.82) is 0 Å². The second-order valence-electron chi connectivity index (χ2n) is 5.07. The average molecular weight is 244 g/mol. The molecule has 3 nitrogen and oxygen atoms in total. The van der Waals surface area contributed by atoms with Gasteiger partial charge in [0.25, 0.3) is 0 Å². The summed E-state index contributed by atoms with van der Waals surface area (Å²) in [5.74, 6) is 1.66. The highest BCUT2D eigenvalue weighted by Crippen LogP contribution is 2.24. The van der Waals surface area contributed by atoms with Crippen molar-refractivity contribution < 1.29 is 4.21 Å². The van der Waals surface area contributed by atoms with E-state index < -0.39 is 10.8 Å². The summed E-state index contributed by atoms with van der Waals surface area (Å²) in [5, 5.41) is 0. The van der Waals surface area contributed by atoms with E-state index in [0.717, 1.165) is 24.1 Å². The van der Waals surface area contributed by atoms with Gasteiger partial charge in [-0.05, 0) is 26.3 Å². The largest absolute Gasteiger partial charge is 0.298 e. The quantitative estimate of drug-likeness (QED) is 0.735. The van der Waals surface area contributed by atoms with Crippen LogP contribution in [0.15, 0.2) is 0 Å². The van der Waals surface area contributed by atoms with Gasteiger partial charge in [-0.25, -0.2) is 0 Å². The lowest BCUT2D eigenvalue weighted by atomic mass is 10.1. The summed E-state index contributed by atoms with van der Waals surface area (Å²) in [6, 6.07) is 1.43. The number of hydrogen-bond donors (Lipinski definition) is 0. The molecule has 0 aromatic rings. The predicted octanol–water partition coefficient (Wildman–Crippen LogP) is 0.923. The zero-order chi connectivity index (χ0) is 11.5. The van der Waals surface area contributed by atoms with Gasteiger partial charge in [-0.2, -0.15) is 0 Å². The fraction of sp³-hybridized carbons (Fsp3) is 1.00. The molecule has 2 heterocycles. The lowest BCUT2D eigenvalue weighted by Crippen LogP contribution is -2.55. The maximum atomic E-state index is 11.5. The summed E-state index contributed by atoms with van der Waals surface area (Å²) in [6.45, 7) is 9.04. The molecule has 0 amide bonds. The minimum absolute atomic E-state index is 0.605. The summed E-state index contributed by atoms with van der Waals surface area (Å²) < 4.78 is 11.5. The van der Waals surface area contributed by atoms with E-state index in [9.17, 15) is 4.21 Å². The molecule has 2 fully saturated rings. The van der Waals surface area contributed by atoms with Crippen LogP contribution in [0.25, 0.3) is 0 Å². The molecular weight excluding hydrogens is 220 g/mol. The lowest BCUT2D eigenvalue weighted by molar-refractivity contribution is 0.0644. The molecule has 0 bridgehead atoms. The number of fused-ring (bicyclic) bond motifs is 1. The number of piperazine rings is 1. The molecule has 3 unspecified atom stereocenters. The van der Waals surface area contributed by atoms with Crippen LogP contribution in [0.2, 0.25) is 0 Å². The Kier molecular flexibility index (Phi) is 4.39. The van der Waals surface area contributed by atoms with Crippen LogP contribution < -0.4 is 0 Å². The van der Waals surface area contributed by atoms with Crippen molar-refractivity contribution in [3.63, 3.8) is 0 Å². The van der Waals surface area contributed by atoms with Gasteiger partial charge in [-0.1, -0.05) is 6.92 Å². The maximum Gasteiger partial charge on any atom is 0.0362 e. The molecule has 0 radical (unpaired) electrons. The third kappa shape index (κ3) is 2.84. The minimum atomic E-state index is -0.605. The monoisotopic (exact) mass is 244 g/mol. The first-order chi connectivity index (χ1) is 7.70. The second kappa shape index (κ2) is 5.61. The van der Waals surface area contributed by atoms with Crippen molar-refractivity contribution in [1.82, 2.24) is 9.80 Å². The summed E-state index contributed by atoms with van der Waals surface area (Å²) in [6.07, 6.45) is 2.73. The summed E-state index contributed by atoms with van der Waals surface area (Å²) in [7, 11) is -0.605. The average Bonchev–Trinajstić information content (AvgIpc) is 2.72. The maximum absolute atomic E-state index is 11.5. The Bertz CT molecular complexity index is 259. The lowest BCUT2D eigenvalue weighted by Gasteiger charge is -2.42. The summed E-state index contributed by atoms with van der Waals surface area (Å²) in [5.41, 5.74) is 0. The summed E-state index contributed by atoms with van der Waals surface area (Å²) in [4.78, 5) is 5.18. The molecule has 0 aliphatic carbocycles. The minimum Gasteiger partial charge on any atom is -0.298 e. The van der Waals surface area contributed by atoms with E-state index in [4.69, 9.17) is 0 Å². The molecular formula is C12H24N2OS. The molecule has 3 atom stereocenters. The molecule has 2 aliphatic rings. The van der Waals surface area contributed by atoms with E-state index in [2.05, 4.69) is 16.7 Å². The van der Waals surface area contributed by atoms with Crippen molar-refractivity contribution >= 4 is 10.8 Å². The van der Waals surface area contributed by atoms with E-state index in [-0.39, 0.29) is 0 Å². The van der Waals surface area contributed by atoms with Gasteiger partial charge in [-0.3, -0.25) is 14.0 Å². The molecule has 2 saturated heterocycles. The Hall–Kier alpha value is 0.0700. The van der Waals surface area contributed by atoms with Gasteiger partial charge < -0.3 is 0 Å². The Balaban J connectivity index is 1.82. The van der Waals surface area contributed by atoms with Crippen LogP contribution in [0.1, 0.15) is 26.7 Å². The number of rotatable bonds is 4. The van der Waals surface area contributed by atoms with E-state index in [1.165, 1.54) is 32.5 Å². The zero-order valence-corrected chi connectivity index (χ0v) is 11.3. The Morgan fingerprint density at radius 1 is 1.38 bits per heavy atom. The van der Waals surface area contributed by atoms with E-state index in [1.807, 2.05) is 6.92 Å². The van der Waals surface area contributed by atoms with E-state index in [0.29, 0.717) is 6.04 Å². The highest BCUT2D eigenvalue weighted by atomic mass is 32.2. The second-order valence-corrected chi connectivity index (χ2v) is 6.93. The Morgan fingerprint density at radius 3 is 2.94 bits per heavy atom. The van der Waals surface area contributed by atoms with Crippen molar-refractivity contribution in [3.8, 4) is 0 Å². The van der Waals surface area contributed by atoms with Crippen LogP contribution in [0.5, 0.6) is 0 Å². The fourth-order valence-electron chi connectivity index (χ4n) is 2.92. The standard InChI is InChI=1S/C12H24N2OS/c1-3-16(15)8-7-13-10-12-5-4-6-14(12)9-11(13)2/h11-12H,3-10H2,1-2H3. The Morgan fingerprint density at radius 2 is 2.19 bits per heavy atom. The molecule has 0 saturated carbocycles. The highest BCUT2D eigenvalue weighted by molar-refractivity contribution is 7.84. The normalized spacial score (nSPS) is 33.9. The van der Waals surface area contributed by atoms with Crippen molar-refractivity contribution in [2.24, 2.45) is 0 Å². The van der Waals surface area contributed by atoms with Gasteiger partial charge >= 0.3 is 0 Å². The van der Waals surface area contributed by atoms with Gasteiger partial charge in [-0.15, -0.1) is 0 Å². The van der Waals surface area contributed by atoms with E-state index >= 15 is 0 Å². The van der Waals surface area contributed by atoms with Gasteiger partial charge in [0.15, 0.2) is 0 Å². The van der Waals surface area contributed by atoms with Crippen LogP contribution >= 0.6 is 0 Å². The van der Waals surface area contributed by atoms with Crippen LogP contribution in [0, 0.1) is 0 Å². The zero-order valence-electron chi connectivity index (χ0n) is 10.5. The molecule has 0 aromatic carbocycles. The molecule has 2 rings (SSSR count). The highest BCUT2D eigenvalue weighted by Gasteiger charge is 2.33. The summed E-state index contributed by atoms with van der Waals surface area (Å²) >= 11 is 0. The van der Waals surface area contributed by atoms with Crippen molar-refractivity contribution in [3.05, 3.63) is 0 Å². The molecule has 94 valence electrons. The topological polar surface area (TPSA) is 23.6 Å². The van der Waals surface area contributed by atoms with Crippen molar-refractivity contribution in [2.45, 2.75) is 38.8 Å². The molecule has 0 aromatic heterocycles. The van der Waals surface area contributed by atoms with Crippen LogP contribution in [0.3, 0.4) is 0 Å². The molecule has 0 spiro atoms. The number of nitrogens with zero attached hydrogens (tertiary/aromatic N) is 2. The molecule has 4 heteroatoms. The third-order valence-corrected chi connectivity index (χ3v) is 5.28. The van der Waals surface area contributed by atoms with Gasteiger partial charge in [0, 0.05) is 54.0 Å².